The van der Waals surface area contributed by atoms with Crippen molar-refractivity contribution in [1.29, 1.82) is 0 Å². The normalized spacial score (nSPS) is 9.79. The molecule has 3 rings (SSSR count). The molecule has 0 aliphatic heterocycles. The molecule has 0 aliphatic carbocycles. The Kier molecular flexibility index (Phi) is 4.08. The summed E-state index contributed by atoms with van der Waals surface area (Å²) < 4.78 is 0. The van der Waals surface area contributed by atoms with Crippen LogP contribution in [0.4, 0.5) is 0 Å². The van der Waals surface area contributed by atoms with Crippen molar-refractivity contribution in [3.05, 3.63) is 65.9 Å². The molecule has 19 heavy (non-hydrogen) atoms. The second kappa shape index (κ2) is 5.96. The van der Waals surface area contributed by atoms with Crippen molar-refractivity contribution in [3.8, 4) is 0 Å². The summed E-state index contributed by atoms with van der Waals surface area (Å²) in [5, 5.41) is 7.83. The first-order valence-electron chi connectivity index (χ1n) is 6.39. The number of nitrogens with one attached hydrogen (secondary N) is 1. The third-order valence-electron chi connectivity index (χ3n) is 2.72. The molecule has 0 saturated carbocycles. The summed E-state index contributed by atoms with van der Waals surface area (Å²) in [7, 11) is 0. The molecule has 1 heterocycles. The second-order valence-corrected chi connectivity index (χ2v) is 3.81. The molecule has 1 aromatic heterocycles. The summed E-state index contributed by atoms with van der Waals surface area (Å²) in [6, 6.07) is 16.8. The second-order valence-electron chi connectivity index (χ2n) is 3.81. The number of hydrogen-bond acceptors (Lipinski definition) is 2. The van der Waals surface area contributed by atoms with Crippen molar-refractivity contribution in [2.24, 2.45) is 0 Å². The Bertz CT molecular complexity index is 671. The SMILES string of the molecule is CC.O=C(c1ccccc1)c1n[nH]c2ccccc12. The largest absolute Gasteiger partial charge is 0.287 e. The van der Waals surface area contributed by atoms with E-state index in [0.717, 1.165) is 10.9 Å². The fourth-order valence-corrected chi connectivity index (χ4v) is 1.86. The molecule has 0 spiro atoms. The molecular weight excluding hydrogens is 236 g/mol. The number of carbonyl (C=O) groups is 1. The number of fused-ring (bicyclic) bond motifs is 1. The lowest BCUT2D eigenvalue weighted by atomic mass is 10.1. The number of aromatic nitrogens is 2. The van der Waals surface area contributed by atoms with E-state index < -0.39 is 0 Å². The van der Waals surface area contributed by atoms with Crippen molar-refractivity contribution in [2.75, 3.05) is 0 Å². The van der Waals surface area contributed by atoms with E-state index in [0.29, 0.717) is 11.3 Å². The maximum atomic E-state index is 12.2. The molecule has 0 atom stereocenters. The van der Waals surface area contributed by atoms with Crippen LogP contribution in [0.1, 0.15) is 29.9 Å². The number of H-pyrrole nitrogens is 1. The van der Waals surface area contributed by atoms with Gasteiger partial charge in [-0.2, -0.15) is 5.10 Å². The first kappa shape index (κ1) is 13.0. The molecule has 3 nitrogen and oxygen atoms in total. The van der Waals surface area contributed by atoms with Crippen molar-refractivity contribution in [3.63, 3.8) is 0 Å². The predicted octanol–water partition coefficient (Wildman–Crippen LogP) is 3.82. The molecule has 1 N–H and O–H groups in total. The first-order valence-corrected chi connectivity index (χ1v) is 6.39. The van der Waals surface area contributed by atoms with Gasteiger partial charge in [-0.05, 0) is 6.07 Å². The van der Waals surface area contributed by atoms with E-state index in [9.17, 15) is 4.79 Å². The minimum atomic E-state index is -0.0527. The zero-order valence-corrected chi connectivity index (χ0v) is 11.1. The molecule has 2 aromatic carbocycles. The highest BCUT2D eigenvalue weighted by Gasteiger charge is 2.14. The van der Waals surface area contributed by atoms with E-state index in [1.807, 2.05) is 56.3 Å². The van der Waals surface area contributed by atoms with Crippen molar-refractivity contribution >= 4 is 16.7 Å². The van der Waals surface area contributed by atoms with Gasteiger partial charge < -0.3 is 0 Å². The van der Waals surface area contributed by atoms with Gasteiger partial charge in [0.05, 0.1) is 5.52 Å². The van der Waals surface area contributed by atoms with Crippen LogP contribution in [0.3, 0.4) is 0 Å². The van der Waals surface area contributed by atoms with Crippen LogP contribution in [0.5, 0.6) is 0 Å². The van der Waals surface area contributed by atoms with Gasteiger partial charge in [-0.25, -0.2) is 0 Å². The van der Waals surface area contributed by atoms with Gasteiger partial charge in [0, 0.05) is 10.9 Å². The molecular formula is C16H16N2O. The molecule has 0 bridgehead atoms. The van der Waals surface area contributed by atoms with Crippen LogP contribution in [-0.4, -0.2) is 16.0 Å². The number of carbonyl (C=O) groups excluding carboxylic acids is 1. The van der Waals surface area contributed by atoms with Crippen LogP contribution in [0.15, 0.2) is 54.6 Å². The molecule has 3 aromatic rings. The van der Waals surface area contributed by atoms with Gasteiger partial charge in [-0.15, -0.1) is 0 Å². The average Bonchev–Trinajstić information content (AvgIpc) is 2.93. The van der Waals surface area contributed by atoms with E-state index in [2.05, 4.69) is 10.2 Å². The maximum Gasteiger partial charge on any atom is 0.213 e. The minimum absolute atomic E-state index is 0.0527. The quantitative estimate of drug-likeness (QED) is 0.705. The number of benzene rings is 2. The van der Waals surface area contributed by atoms with Gasteiger partial charge in [0.25, 0.3) is 0 Å². The van der Waals surface area contributed by atoms with Crippen LogP contribution in [0.25, 0.3) is 10.9 Å². The van der Waals surface area contributed by atoms with Gasteiger partial charge in [-0.1, -0.05) is 62.4 Å². The van der Waals surface area contributed by atoms with E-state index >= 15 is 0 Å². The Morgan fingerprint density at radius 3 is 2.32 bits per heavy atom. The average molecular weight is 252 g/mol. The van der Waals surface area contributed by atoms with Crippen molar-refractivity contribution in [1.82, 2.24) is 10.2 Å². The summed E-state index contributed by atoms with van der Waals surface area (Å²) in [6.07, 6.45) is 0. The Morgan fingerprint density at radius 2 is 1.58 bits per heavy atom. The highest BCUT2D eigenvalue weighted by Crippen LogP contribution is 2.18. The molecule has 0 saturated heterocycles. The van der Waals surface area contributed by atoms with Gasteiger partial charge >= 0.3 is 0 Å². The number of ketones is 1. The molecule has 0 radical (unpaired) electrons. The van der Waals surface area contributed by atoms with Crippen molar-refractivity contribution < 1.29 is 4.79 Å². The molecule has 0 unspecified atom stereocenters. The first-order chi connectivity index (χ1) is 9.36. The lowest BCUT2D eigenvalue weighted by Crippen LogP contribution is -2.01. The smallest absolute Gasteiger partial charge is 0.213 e. The van der Waals surface area contributed by atoms with E-state index in [1.165, 1.54) is 0 Å². The van der Waals surface area contributed by atoms with E-state index in [-0.39, 0.29) is 5.78 Å². The zero-order valence-electron chi connectivity index (χ0n) is 11.1. The lowest BCUT2D eigenvalue weighted by Gasteiger charge is -1.97. The third kappa shape index (κ3) is 2.55. The number of aromatic amines is 1. The predicted molar refractivity (Wildman–Crippen MR) is 77.3 cm³/mol. The van der Waals surface area contributed by atoms with Crippen LogP contribution < -0.4 is 0 Å². The van der Waals surface area contributed by atoms with Gasteiger partial charge in [0.1, 0.15) is 5.69 Å². The van der Waals surface area contributed by atoms with Crippen LogP contribution in [0, 0.1) is 0 Å². The molecule has 0 aliphatic rings. The van der Waals surface area contributed by atoms with E-state index in [4.69, 9.17) is 0 Å². The summed E-state index contributed by atoms with van der Waals surface area (Å²) in [4.78, 5) is 12.2. The summed E-state index contributed by atoms with van der Waals surface area (Å²) in [5.74, 6) is -0.0527. The molecule has 0 amide bonds. The Morgan fingerprint density at radius 1 is 0.947 bits per heavy atom. The van der Waals surface area contributed by atoms with Gasteiger partial charge in [-0.3, -0.25) is 9.89 Å². The standard InChI is InChI=1S/C14H10N2O.C2H6/c17-14(10-6-2-1-3-7-10)13-11-8-4-5-9-12(11)15-16-13;1-2/h1-9H,(H,15,16);1-2H3. The highest BCUT2D eigenvalue weighted by atomic mass is 16.1. The Labute approximate surface area is 112 Å². The number of nitrogens with zero attached hydrogens (tertiary/aromatic N) is 1. The Hall–Kier alpha value is -2.42. The maximum absolute atomic E-state index is 12.2. The fourth-order valence-electron chi connectivity index (χ4n) is 1.86. The lowest BCUT2D eigenvalue weighted by molar-refractivity contribution is 0.103. The summed E-state index contributed by atoms with van der Waals surface area (Å²) in [6.45, 7) is 4.00. The topological polar surface area (TPSA) is 45.8 Å². The molecule has 0 fully saturated rings. The number of para-hydroxylation sites is 1. The van der Waals surface area contributed by atoms with E-state index in [1.54, 1.807) is 12.1 Å². The number of rotatable bonds is 2. The van der Waals surface area contributed by atoms with Gasteiger partial charge in [0.15, 0.2) is 0 Å². The number of hydrogen-bond donors (Lipinski definition) is 1. The summed E-state index contributed by atoms with van der Waals surface area (Å²) in [5.41, 5.74) is 2.02. The third-order valence-corrected chi connectivity index (χ3v) is 2.72. The monoisotopic (exact) mass is 252 g/mol. The highest BCUT2D eigenvalue weighted by molar-refractivity contribution is 6.14. The Balaban J connectivity index is 0.000000637. The molecule has 3 heteroatoms. The van der Waals surface area contributed by atoms with Crippen LogP contribution in [0.2, 0.25) is 0 Å². The molecule has 96 valence electrons. The minimum Gasteiger partial charge on any atom is -0.287 e. The van der Waals surface area contributed by atoms with Crippen molar-refractivity contribution in [2.45, 2.75) is 13.8 Å². The van der Waals surface area contributed by atoms with Crippen LogP contribution >= 0.6 is 0 Å². The van der Waals surface area contributed by atoms with Crippen LogP contribution in [-0.2, 0) is 0 Å². The summed E-state index contributed by atoms with van der Waals surface area (Å²) >= 11 is 0. The fraction of sp³-hybridized carbons (Fsp3) is 0.125. The van der Waals surface area contributed by atoms with Gasteiger partial charge in [0.2, 0.25) is 5.78 Å². The zero-order chi connectivity index (χ0) is 13.7.